The summed E-state index contributed by atoms with van der Waals surface area (Å²) >= 11 is 0. The standard InChI is InChI=1S/C19H14F6N2O3/c1-10(28)15(16(29)26-13-6-2-11(3-7-13)18(20,21)22)17(30)27-14-8-4-12(5-9-14)19(23,24)25/h2-9,28H,1H3,(H,26,29)(H,27,30). The van der Waals surface area contributed by atoms with Crippen molar-refractivity contribution in [2.45, 2.75) is 19.3 Å². The molecule has 0 heterocycles. The minimum absolute atomic E-state index is 0.0749. The molecule has 0 saturated heterocycles. The van der Waals surface area contributed by atoms with Gasteiger partial charge < -0.3 is 15.7 Å². The highest BCUT2D eigenvalue weighted by atomic mass is 19.4. The number of hydrogen-bond acceptors (Lipinski definition) is 3. The number of rotatable bonds is 4. The van der Waals surface area contributed by atoms with Crippen molar-refractivity contribution in [3.05, 3.63) is 71.0 Å². The maximum absolute atomic E-state index is 12.6. The fourth-order valence-electron chi connectivity index (χ4n) is 2.30. The third-order valence-corrected chi connectivity index (χ3v) is 3.76. The minimum Gasteiger partial charge on any atom is -0.512 e. The fraction of sp³-hybridized carbons (Fsp3) is 0.158. The van der Waals surface area contributed by atoms with Gasteiger partial charge in [0.2, 0.25) is 0 Å². The molecule has 0 atom stereocenters. The van der Waals surface area contributed by atoms with E-state index < -0.39 is 46.6 Å². The maximum atomic E-state index is 12.6. The zero-order chi connectivity index (χ0) is 22.7. The zero-order valence-corrected chi connectivity index (χ0v) is 15.2. The lowest BCUT2D eigenvalue weighted by Gasteiger charge is -2.12. The normalized spacial score (nSPS) is 11.6. The number of carbonyl (C=O) groups excluding carboxylic acids is 2. The summed E-state index contributed by atoms with van der Waals surface area (Å²) < 4.78 is 75.5. The molecule has 11 heteroatoms. The van der Waals surface area contributed by atoms with Crippen LogP contribution in [0, 0.1) is 0 Å². The van der Waals surface area contributed by atoms with E-state index >= 15 is 0 Å². The average molecular weight is 432 g/mol. The summed E-state index contributed by atoms with van der Waals surface area (Å²) in [7, 11) is 0. The van der Waals surface area contributed by atoms with E-state index in [4.69, 9.17) is 0 Å². The van der Waals surface area contributed by atoms with Crippen LogP contribution in [-0.2, 0) is 21.9 Å². The number of alkyl halides is 6. The molecule has 2 aromatic carbocycles. The molecule has 0 aliphatic carbocycles. The number of anilines is 2. The van der Waals surface area contributed by atoms with Gasteiger partial charge in [-0.3, -0.25) is 9.59 Å². The van der Waals surface area contributed by atoms with Gasteiger partial charge in [0.05, 0.1) is 11.1 Å². The van der Waals surface area contributed by atoms with Crippen LogP contribution in [0.1, 0.15) is 18.1 Å². The van der Waals surface area contributed by atoms with Gasteiger partial charge >= 0.3 is 12.4 Å². The Morgan fingerprint density at radius 2 is 1.00 bits per heavy atom. The first-order chi connectivity index (χ1) is 13.8. The van der Waals surface area contributed by atoms with Gasteiger partial charge in [-0.2, -0.15) is 26.3 Å². The first kappa shape index (κ1) is 22.8. The number of benzene rings is 2. The number of amides is 2. The Bertz CT molecular complexity index is 884. The fourth-order valence-corrected chi connectivity index (χ4v) is 2.30. The third-order valence-electron chi connectivity index (χ3n) is 3.76. The SMILES string of the molecule is CC(O)=C(C(=O)Nc1ccc(C(F)(F)F)cc1)C(=O)Nc1ccc(C(F)(F)F)cc1. The van der Waals surface area contributed by atoms with Gasteiger partial charge in [0.15, 0.2) is 0 Å². The van der Waals surface area contributed by atoms with Crippen LogP contribution >= 0.6 is 0 Å². The molecular formula is C19H14F6N2O3. The zero-order valence-electron chi connectivity index (χ0n) is 15.2. The second-order valence-corrected chi connectivity index (χ2v) is 6.02. The molecule has 0 aromatic heterocycles. The molecular weight excluding hydrogens is 418 g/mol. The lowest BCUT2D eigenvalue weighted by molar-refractivity contribution is -0.138. The number of nitrogens with one attached hydrogen (secondary N) is 2. The molecule has 0 fully saturated rings. The van der Waals surface area contributed by atoms with Crippen molar-refractivity contribution >= 4 is 23.2 Å². The average Bonchev–Trinajstić information content (AvgIpc) is 2.60. The van der Waals surface area contributed by atoms with Gasteiger partial charge in [0, 0.05) is 11.4 Å². The summed E-state index contributed by atoms with van der Waals surface area (Å²) in [4.78, 5) is 24.6. The van der Waals surface area contributed by atoms with E-state index in [0.717, 1.165) is 31.2 Å². The van der Waals surface area contributed by atoms with Gasteiger partial charge in [-0.05, 0) is 55.5 Å². The second kappa shape index (κ2) is 8.47. The lowest BCUT2D eigenvalue weighted by Crippen LogP contribution is -2.26. The van der Waals surface area contributed by atoms with Crippen molar-refractivity contribution in [2.75, 3.05) is 10.6 Å². The van der Waals surface area contributed by atoms with E-state index in [1.165, 1.54) is 0 Å². The Kier molecular flexibility index (Phi) is 6.44. The molecule has 2 aromatic rings. The number of aliphatic hydroxyl groups is 1. The summed E-state index contributed by atoms with van der Waals surface area (Å²) in [5.74, 6) is -2.96. The topological polar surface area (TPSA) is 78.4 Å². The lowest BCUT2D eigenvalue weighted by atomic mass is 10.1. The van der Waals surface area contributed by atoms with E-state index in [1.807, 2.05) is 0 Å². The molecule has 0 unspecified atom stereocenters. The summed E-state index contributed by atoms with van der Waals surface area (Å²) in [5, 5.41) is 14.0. The first-order valence-corrected chi connectivity index (χ1v) is 8.16. The molecule has 2 amide bonds. The minimum atomic E-state index is -4.57. The second-order valence-electron chi connectivity index (χ2n) is 6.02. The van der Waals surface area contributed by atoms with Crippen molar-refractivity contribution in [3.63, 3.8) is 0 Å². The highest BCUT2D eigenvalue weighted by Gasteiger charge is 2.31. The van der Waals surface area contributed by atoms with Crippen LogP contribution in [0.25, 0.3) is 0 Å². The highest BCUT2D eigenvalue weighted by molar-refractivity contribution is 6.26. The summed E-state index contributed by atoms with van der Waals surface area (Å²) in [6, 6.07) is 6.69. The molecule has 30 heavy (non-hydrogen) atoms. The Hall–Kier alpha value is -3.50. The largest absolute Gasteiger partial charge is 0.512 e. The molecule has 0 bridgehead atoms. The van der Waals surface area contributed by atoms with E-state index in [0.29, 0.717) is 24.3 Å². The molecule has 0 radical (unpaired) electrons. The highest BCUT2D eigenvalue weighted by Crippen LogP contribution is 2.31. The Morgan fingerprint density at radius 1 is 0.700 bits per heavy atom. The van der Waals surface area contributed by atoms with Crippen LogP contribution in [0.2, 0.25) is 0 Å². The predicted molar refractivity (Wildman–Crippen MR) is 95.5 cm³/mol. The Morgan fingerprint density at radius 3 is 1.23 bits per heavy atom. The number of hydrogen-bond donors (Lipinski definition) is 3. The van der Waals surface area contributed by atoms with E-state index in [9.17, 15) is 41.0 Å². The summed E-state index contributed by atoms with van der Waals surface area (Å²) in [5.41, 5.74) is -2.82. The van der Waals surface area contributed by atoms with Gasteiger partial charge in [-0.1, -0.05) is 0 Å². The molecule has 160 valence electrons. The van der Waals surface area contributed by atoms with E-state index in [2.05, 4.69) is 10.6 Å². The van der Waals surface area contributed by atoms with Crippen molar-refractivity contribution in [2.24, 2.45) is 0 Å². The van der Waals surface area contributed by atoms with Crippen molar-refractivity contribution in [1.29, 1.82) is 0 Å². The van der Waals surface area contributed by atoms with Crippen molar-refractivity contribution in [3.8, 4) is 0 Å². The van der Waals surface area contributed by atoms with Crippen molar-refractivity contribution < 1.29 is 41.0 Å². The molecule has 5 nitrogen and oxygen atoms in total. The molecule has 2 rings (SSSR count). The van der Waals surface area contributed by atoms with E-state index in [1.54, 1.807) is 0 Å². The van der Waals surface area contributed by atoms with Crippen LogP contribution < -0.4 is 10.6 Å². The number of halogens is 6. The number of allylic oxidation sites excluding steroid dienone is 1. The molecule has 3 N–H and O–H groups in total. The van der Waals surface area contributed by atoms with Gasteiger partial charge in [-0.15, -0.1) is 0 Å². The molecule has 0 spiro atoms. The van der Waals surface area contributed by atoms with Crippen LogP contribution in [0.15, 0.2) is 59.9 Å². The third kappa shape index (κ3) is 5.75. The van der Waals surface area contributed by atoms with Crippen molar-refractivity contribution in [1.82, 2.24) is 0 Å². The van der Waals surface area contributed by atoms with Crippen LogP contribution in [0.3, 0.4) is 0 Å². The summed E-state index contributed by atoms with van der Waals surface area (Å²) in [6.45, 7) is 1.02. The predicted octanol–water partition coefficient (Wildman–Crippen LogP) is 5.13. The van der Waals surface area contributed by atoms with Crippen LogP contribution in [-0.4, -0.2) is 16.9 Å². The maximum Gasteiger partial charge on any atom is 0.416 e. The molecule has 0 aliphatic heterocycles. The van der Waals surface area contributed by atoms with Crippen LogP contribution in [0.5, 0.6) is 0 Å². The first-order valence-electron chi connectivity index (χ1n) is 8.16. The Balaban J connectivity index is 2.14. The van der Waals surface area contributed by atoms with Gasteiger partial charge in [0.25, 0.3) is 11.8 Å². The van der Waals surface area contributed by atoms with Crippen LogP contribution in [0.4, 0.5) is 37.7 Å². The van der Waals surface area contributed by atoms with E-state index in [-0.39, 0.29) is 11.4 Å². The Labute approximate surface area is 166 Å². The number of aliphatic hydroxyl groups excluding tert-OH is 1. The molecule has 0 saturated carbocycles. The smallest absolute Gasteiger partial charge is 0.416 e. The number of carbonyl (C=O) groups is 2. The van der Waals surface area contributed by atoms with Gasteiger partial charge in [-0.25, -0.2) is 0 Å². The molecule has 0 aliphatic rings. The summed E-state index contributed by atoms with van der Waals surface area (Å²) in [6.07, 6.45) is -9.15. The quantitative estimate of drug-likeness (QED) is 0.206. The van der Waals surface area contributed by atoms with Gasteiger partial charge in [0.1, 0.15) is 11.3 Å². The monoisotopic (exact) mass is 432 g/mol.